The number of aryl methyl sites for hydroxylation is 1. The van der Waals surface area contributed by atoms with Crippen molar-refractivity contribution in [3.8, 4) is 0 Å². The summed E-state index contributed by atoms with van der Waals surface area (Å²) in [4.78, 5) is 14.3. The minimum Gasteiger partial charge on any atom is -0.325 e. The van der Waals surface area contributed by atoms with E-state index in [4.69, 9.17) is 0 Å². The third kappa shape index (κ3) is 5.73. The molecule has 1 aromatic carbocycles. The van der Waals surface area contributed by atoms with Crippen LogP contribution in [0.3, 0.4) is 0 Å². The quantitative estimate of drug-likeness (QED) is 0.732. The second-order valence-corrected chi connectivity index (χ2v) is 6.65. The minimum atomic E-state index is 0. The van der Waals surface area contributed by atoms with Crippen LogP contribution in [0.5, 0.6) is 0 Å². The molecule has 118 valence electrons. The van der Waals surface area contributed by atoms with Crippen molar-refractivity contribution in [1.29, 1.82) is 0 Å². The number of carbonyl (C=O) groups excluding carboxylic acids is 1. The third-order valence-corrected chi connectivity index (χ3v) is 4.46. The Morgan fingerprint density at radius 3 is 2.71 bits per heavy atom. The SMILES string of the molecule is Cc1cc(I)ccc1NC(=O)CN(C)C1CCNCC1.Cl. The second kappa shape index (κ2) is 8.92. The number of amides is 1. The molecule has 0 atom stereocenters. The fraction of sp³-hybridized carbons (Fsp3) is 0.533. The highest BCUT2D eigenvalue weighted by Gasteiger charge is 2.19. The molecule has 1 aromatic rings. The molecule has 4 nitrogen and oxygen atoms in total. The van der Waals surface area contributed by atoms with E-state index in [9.17, 15) is 4.79 Å². The van der Waals surface area contributed by atoms with E-state index in [0.29, 0.717) is 12.6 Å². The fourth-order valence-electron chi connectivity index (χ4n) is 2.56. The number of nitrogens with zero attached hydrogens (tertiary/aromatic N) is 1. The van der Waals surface area contributed by atoms with E-state index < -0.39 is 0 Å². The van der Waals surface area contributed by atoms with Crippen LogP contribution in [0.4, 0.5) is 5.69 Å². The highest BCUT2D eigenvalue weighted by Crippen LogP contribution is 2.18. The van der Waals surface area contributed by atoms with Crippen molar-refractivity contribution in [2.75, 3.05) is 32.0 Å². The summed E-state index contributed by atoms with van der Waals surface area (Å²) in [5.41, 5.74) is 2.02. The third-order valence-electron chi connectivity index (χ3n) is 3.79. The Bertz CT molecular complexity index is 478. The molecule has 0 unspecified atom stereocenters. The summed E-state index contributed by atoms with van der Waals surface area (Å²) in [7, 11) is 2.04. The van der Waals surface area contributed by atoms with Crippen molar-refractivity contribution in [2.24, 2.45) is 0 Å². The largest absolute Gasteiger partial charge is 0.325 e. The van der Waals surface area contributed by atoms with Crippen molar-refractivity contribution in [1.82, 2.24) is 10.2 Å². The van der Waals surface area contributed by atoms with Crippen LogP contribution < -0.4 is 10.6 Å². The van der Waals surface area contributed by atoms with Gasteiger partial charge in [-0.05, 0) is 86.3 Å². The first-order valence-corrected chi connectivity index (χ1v) is 8.11. The van der Waals surface area contributed by atoms with Crippen molar-refractivity contribution < 1.29 is 4.79 Å². The predicted octanol–water partition coefficient (Wildman–Crippen LogP) is 2.64. The van der Waals surface area contributed by atoms with Crippen LogP contribution in [0, 0.1) is 10.5 Å². The fourth-order valence-corrected chi connectivity index (χ4v) is 3.21. The van der Waals surface area contributed by atoms with Gasteiger partial charge in [0.2, 0.25) is 5.91 Å². The molecule has 0 bridgehead atoms. The van der Waals surface area contributed by atoms with E-state index in [-0.39, 0.29) is 18.3 Å². The van der Waals surface area contributed by atoms with E-state index in [1.807, 2.05) is 26.1 Å². The Balaban J connectivity index is 0.00000220. The number of piperidine rings is 1. The highest BCUT2D eigenvalue weighted by molar-refractivity contribution is 14.1. The Hall–Kier alpha value is -0.370. The van der Waals surface area contributed by atoms with Gasteiger partial charge in [-0.2, -0.15) is 0 Å². The van der Waals surface area contributed by atoms with Gasteiger partial charge in [0.15, 0.2) is 0 Å². The monoisotopic (exact) mass is 423 g/mol. The maximum absolute atomic E-state index is 12.1. The van der Waals surface area contributed by atoms with Gasteiger partial charge in [0.05, 0.1) is 6.54 Å². The van der Waals surface area contributed by atoms with E-state index in [0.717, 1.165) is 37.2 Å². The molecule has 0 aromatic heterocycles. The van der Waals surface area contributed by atoms with Crippen LogP contribution in [-0.4, -0.2) is 43.5 Å². The lowest BCUT2D eigenvalue weighted by atomic mass is 10.1. The lowest BCUT2D eigenvalue weighted by molar-refractivity contribution is -0.117. The van der Waals surface area contributed by atoms with Crippen molar-refractivity contribution in [3.63, 3.8) is 0 Å². The molecule has 1 saturated heterocycles. The molecule has 0 aliphatic carbocycles. The predicted molar refractivity (Wildman–Crippen MR) is 98.3 cm³/mol. The molecule has 2 rings (SSSR count). The number of nitrogens with one attached hydrogen (secondary N) is 2. The molecule has 1 amide bonds. The van der Waals surface area contributed by atoms with Crippen LogP contribution in [0.1, 0.15) is 18.4 Å². The first-order valence-electron chi connectivity index (χ1n) is 7.03. The van der Waals surface area contributed by atoms with Gasteiger partial charge in [-0.25, -0.2) is 0 Å². The molecule has 1 fully saturated rings. The average molecular weight is 424 g/mol. The second-order valence-electron chi connectivity index (χ2n) is 5.40. The van der Waals surface area contributed by atoms with Gasteiger partial charge in [0.1, 0.15) is 0 Å². The zero-order valence-corrected chi connectivity index (χ0v) is 15.5. The molecule has 21 heavy (non-hydrogen) atoms. The Labute approximate surface area is 146 Å². The van der Waals surface area contributed by atoms with Gasteiger partial charge in [0.25, 0.3) is 0 Å². The number of likely N-dealkylation sites (N-methyl/N-ethyl adjacent to an activating group) is 1. The van der Waals surface area contributed by atoms with E-state index in [1.165, 1.54) is 3.57 Å². The summed E-state index contributed by atoms with van der Waals surface area (Å²) >= 11 is 2.28. The van der Waals surface area contributed by atoms with Crippen LogP contribution in [-0.2, 0) is 4.79 Å². The standard InChI is InChI=1S/C15H22IN3O.ClH/c1-11-9-12(16)3-4-14(11)18-15(20)10-19(2)13-5-7-17-8-6-13;/h3-4,9,13,17H,5-8,10H2,1-2H3,(H,18,20);1H. The number of hydrogen-bond acceptors (Lipinski definition) is 3. The van der Waals surface area contributed by atoms with Gasteiger partial charge < -0.3 is 10.6 Å². The van der Waals surface area contributed by atoms with Gasteiger partial charge in [0, 0.05) is 15.3 Å². The highest BCUT2D eigenvalue weighted by atomic mass is 127. The van der Waals surface area contributed by atoms with E-state index in [1.54, 1.807) is 0 Å². The van der Waals surface area contributed by atoms with Crippen LogP contribution in [0.15, 0.2) is 18.2 Å². The molecule has 1 aliphatic heterocycles. The van der Waals surface area contributed by atoms with Crippen LogP contribution in [0.25, 0.3) is 0 Å². The number of halogens is 2. The smallest absolute Gasteiger partial charge is 0.238 e. The summed E-state index contributed by atoms with van der Waals surface area (Å²) in [5, 5.41) is 6.36. The molecule has 2 N–H and O–H groups in total. The zero-order valence-electron chi connectivity index (χ0n) is 12.5. The maximum atomic E-state index is 12.1. The average Bonchev–Trinajstić information content (AvgIpc) is 2.43. The zero-order chi connectivity index (χ0) is 14.5. The molecule has 6 heteroatoms. The molecule has 0 radical (unpaired) electrons. The summed E-state index contributed by atoms with van der Waals surface area (Å²) in [5.74, 6) is 0.0651. The number of anilines is 1. The van der Waals surface area contributed by atoms with E-state index in [2.05, 4.69) is 44.2 Å². The van der Waals surface area contributed by atoms with Crippen molar-refractivity contribution in [3.05, 3.63) is 27.3 Å². The van der Waals surface area contributed by atoms with E-state index >= 15 is 0 Å². The first-order chi connectivity index (χ1) is 9.56. The summed E-state index contributed by atoms with van der Waals surface area (Å²) < 4.78 is 1.19. The van der Waals surface area contributed by atoms with Crippen molar-refractivity contribution in [2.45, 2.75) is 25.8 Å². The number of benzene rings is 1. The molecular weight excluding hydrogens is 401 g/mol. The van der Waals surface area contributed by atoms with Gasteiger partial charge in [-0.3, -0.25) is 9.69 Å². The number of hydrogen-bond donors (Lipinski definition) is 2. The Morgan fingerprint density at radius 1 is 1.43 bits per heavy atom. The summed E-state index contributed by atoms with van der Waals surface area (Å²) in [6.07, 6.45) is 2.23. The number of carbonyl (C=O) groups is 1. The molecule has 1 aliphatic rings. The molecule has 1 heterocycles. The molecule has 0 saturated carbocycles. The lowest BCUT2D eigenvalue weighted by Gasteiger charge is -2.31. The maximum Gasteiger partial charge on any atom is 0.238 e. The van der Waals surface area contributed by atoms with Crippen molar-refractivity contribution >= 4 is 46.6 Å². The topological polar surface area (TPSA) is 44.4 Å². The van der Waals surface area contributed by atoms with Crippen LogP contribution in [0.2, 0.25) is 0 Å². The Morgan fingerprint density at radius 2 is 2.10 bits per heavy atom. The summed E-state index contributed by atoms with van der Waals surface area (Å²) in [6.45, 7) is 4.57. The minimum absolute atomic E-state index is 0. The molecular formula is C15H23ClIN3O. The molecule has 0 spiro atoms. The lowest BCUT2D eigenvalue weighted by Crippen LogP contribution is -2.44. The van der Waals surface area contributed by atoms with Crippen LogP contribution >= 0.6 is 35.0 Å². The summed E-state index contributed by atoms with van der Waals surface area (Å²) in [6, 6.07) is 6.58. The number of rotatable bonds is 4. The van der Waals surface area contributed by atoms with Gasteiger partial charge in [-0.15, -0.1) is 12.4 Å². The Kier molecular flexibility index (Phi) is 7.94. The van der Waals surface area contributed by atoms with Gasteiger partial charge in [-0.1, -0.05) is 0 Å². The first kappa shape index (κ1) is 18.7. The normalized spacial score (nSPS) is 15.6. The van der Waals surface area contributed by atoms with Gasteiger partial charge >= 0.3 is 0 Å².